The average Bonchev–Trinajstić information content (AvgIpc) is 2.67. The zero-order valence-electron chi connectivity index (χ0n) is 14.2. The van der Waals surface area contributed by atoms with E-state index in [1.807, 2.05) is 24.3 Å². The lowest BCUT2D eigenvalue weighted by atomic mass is 9.97. The topological polar surface area (TPSA) is 73.2 Å². The molecule has 3 rings (SSSR count). The van der Waals surface area contributed by atoms with Crippen molar-refractivity contribution < 1.29 is 14.6 Å². The quantitative estimate of drug-likeness (QED) is 0.756. The number of carbonyl (C=O) groups is 1. The Hall–Kier alpha value is -2.39. The number of hydrogen-bond acceptors (Lipinski definition) is 4. The predicted octanol–water partition coefficient (Wildman–Crippen LogP) is 2.18. The summed E-state index contributed by atoms with van der Waals surface area (Å²) in [5, 5.41) is 22.0. The Balaban J connectivity index is 2.05. The average molecular weight is 371 g/mol. The lowest BCUT2D eigenvalue weighted by molar-refractivity contribution is -0.255. The van der Waals surface area contributed by atoms with E-state index in [1.54, 1.807) is 18.2 Å². The monoisotopic (exact) mass is 370 g/mol. The molecule has 0 spiro atoms. The number of quaternary nitrogens is 1. The summed E-state index contributed by atoms with van der Waals surface area (Å²) in [7, 11) is 0. The van der Waals surface area contributed by atoms with Gasteiger partial charge >= 0.3 is 0 Å². The van der Waals surface area contributed by atoms with Crippen molar-refractivity contribution in [1.29, 1.82) is 5.26 Å². The maximum absolute atomic E-state index is 11.4. The zero-order chi connectivity index (χ0) is 18.6. The number of carboxylic acid groups (broad SMARTS) is 1. The SMILES string of the molecule is N#CC(Cc1ccccc1C(=O)[O-])[N+]1(c2ccccc2Cl)CCOCC1. The highest BCUT2D eigenvalue weighted by Gasteiger charge is 2.42. The summed E-state index contributed by atoms with van der Waals surface area (Å²) in [6.07, 6.45) is 0.297. The van der Waals surface area contributed by atoms with Gasteiger partial charge in [-0.3, -0.25) is 4.48 Å². The van der Waals surface area contributed by atoms with Crippen molar-refractivity contribution in [3.05, 3.63) is 64.7 Å². The van der Waals surface area contributed by atoms with Gasteiger partial charge in [-0.05, 0) is 11.6 Å². The first-order chi connectivity index (χ1) is 12.6. The van der Waals surface area contributed by atoms with Gasteiger partial charge in [0.05, 0.1) is 19.2 Å². The minimum absolute atomic E-state index is 0.123. The van der Waals surface area contributed by atoms with Gasteiger partial charge in [-0.25, -0.2) is 0 Å². The van der Waals surface area contributed by atoms with E-state index in [4.69, 9.17) is 16.3 Å². The number of rotatable bonds is 5. The summed E-state index contributed by atoms with van der Waals surface area (Å²) >= 11 is 6.46. The van der Waals surface area contributed by atoms with Crippen molar-refractivity contribution >= 4 is 23.3 Å². The third-order valence-corrected chi connectivity index (χ3v) is 5.32. The molecule has 0 amide bonds. The van der Waals surface area contributed by atoms with Gasteiger partial charge in [0, 0.05) is 18.1 Å². The lowest BCUT2D eigenvalue weighted by Gasteiger charge is -2.44. The Kier molecular flexibility index (Phi) is 5.58. The predicted molar refractivity (Wildman–Crippen MR) is 97.7 cm³/mol. The molecule has 0 N–H and O–H groups in total. The molecule has 0 aliphatic carbocycles. The molecule has 2 aromatic carbocycles. The van der Waals surface area contributed by atoms with E-state index < -0.39 is 12.0 Å². The number of carbonyl (C=O) groups excluding carboxylic acids is 1. The van der Waals surface area contributed by atoms with Crippen molar-refractivity contribution in [3.8, 4) is 6.07 Å². The maximum Gasteiger partial charge on any atom is 0.185 e. The Morgan fingerprint density at radius 3 is 2.50 bits per heavy atom. The van der Waals surface area contributed by atoms with Crippen molar-refractivity contribution in [3.63, 3.8) is 0 Å². The summed E-state index contributed by atoms with van der Waals surface area (Å²) < 4.78 is 5.88. The first kappa shape index (κ1) is 18.4. The maximum atomic E-state index is 11.4. The molecule has 0 bridgehead atoms. The van der Waals surface area contributed by atoms with E-state index in [2.05, 4.69) is 6.07 Å². The Morgan fingerprint density at radius 1 is 1.19 bits per heavy atom. The molecule has 1 aliphatic heterocycles. The molecule has 0 radical (unpaired) electrons. The van der Waals surface area contributed by atoms with Gasteiger partial charge in [-0.2, -0.15) is 5.26 Å². The molecule has 1 saturated heterocycles. The van der Waals surface area contributed by atoms with Gasteiger partial charge in [0.1, 0.15) is 24.2 Å². The van der Waals surface area contributed by atoms with Gasteiger partial charge in [0.2, 0.25) is 0 Å². The second-order valence-electron chi connectivity index (χ2n) is 6.34. The van der Waals surface area contributed by atoms with Gasteiger partial charge in [0.25, 0.3) is 0 Å². The molecular weight excluding hydrogens is 352 g/mol. The van der Waals surface area contributed by atoms with Crippen LogP contribution in [-0.2, 0) is 11.2 Å². The minimum Gasteiger partial charge on any atom is -0.545 e. The summed E-state index contributed by atoms with van der Waals surface area (Å²) in [4.78, 5) is 11.4. The van der Waals surface area contributed by atoms with E-state index in [9.17, 15) is 15.2 Å². The van der Waals surface area contributed by atoms with Crippen LogP contribution in [0.15, 0.2) is 48.5 Å². The zero-order valence-corrected chi connectivity index (χ0v) is 15.0. The highest BCUT2D eigenvalue weighted by Crippen LogP contribution is 2.36. The fourth-order valence-corrected chi connectivity index (χ4v) is 3.94. The van der Waals surface area contributed by atoms with E-state index in [-0.39, 0.29) is 5.56 Å². The summed E-state index contributed by atoms with van der Waals surface area (Å²) in [5.74, 6) is -1.23. The fourth-order valence-electron chi connectivity index (χ4n) is 3.64. The normalized spacial score (nSPS) is 17.2. The van der Waals surface area contributed by atoms with Crippen molar-refractivity contribution in [1.82, 2.24) is 4.48 Å². The second-order valence-corrected chi connectivity index (χ2v) is 6.75. The Morgan fingerprint density at radius 2 is 1.85 bits per heavy atom. The van der Waals surface area contributed by atoms with Crippen LogP contribution in [-0.4, -0.2) is 38.3 Å². The second kappa shape index (κ2) is 7.88. The van der Waals surface area contributed by atoms with E-state index in [0.717, 1.165) is 5.69 Å². The number of benzene rings is 2. The molecule has 0 saturated carbocycles. The van der Waals surface area contributed by atoms with E-state index in [1.165, 1.54) is 6.07 Å². The largest absolute Gasteiger partial charge is 0.545 e. The number of morpholine rings is 1. The van der Waals surface area contributed by atoms with Crippen LogP contribution in [0, 0.1) is 11.3 Å². The number of halogens is 1. The van der Waals surface area contributed by atoms with Crippen LogP contribution >= 0.6 is 11.6 Å². The third-order valence-electron chi connectivity index (χ3n) is 5.00. The number of para-hydroxylation sites is 1. The van der Waals surface area contributed by atoms with Crippen LogP contribution in [0.4, 0.5) is 5.69 Å². The molecule has 134 valence electrons. The van der Waals surface area contributed by atoms with Crippen LogP contribution in [0.2, 0.25) is 5.02 Å². The van der Waals surface area contributed by atoms with Gasteiger partial charge in [0.15, 0.2) is 11.7 Å². The molecule has 1 fully saturated rings. The molecular formula is C20H19ClN2O3. The van der Waals surface area contributed by atoms with Crippen LogP contribution in [0.3, 0.4) is 0 Å². The van der Waals surface area contributed by atoms with Crippen LogP contribution in [0.1, 0.15) is 15.9 Å². The molecule has 26 heavy (non-hydrogen) atoms. The fraction of sp³-hybridized carbons (Fsp3) is 0.300. The summed E-state index contributed by atoms with van der Waals surface area (Å²) in [5.41, 5.74) is 1.59. The van der Waals surface area contributed by atoms with Gasteiger partial charge in [-0.1, -0.05) is 48.0 Å². The highest BCUT2D eigenvalue weighted by molar-refractivity contribution is 6.33. The van der Waals surface area contributed by atoms with Crippen LogP contribution < -0.4 is 9.59 Å². The summed E-state index contributed by atoms with van der Waals surface area (Å²) in [6, 6.07) is 16.1. The van der Waals surface area contributed by atoms with Crippen LogP contribution in [0.5, 0.6) is 0 Å². The minimum atomic E-state index is -1.23. The molecule has 5 nitrogen and oxygen atoms in total. The standard InChI is InChI=1S/C20H19ClN2O3/c21-18-7-3-4-8-19(18)23(9-11-26-12-10-23)16(14-22)13-15-5-1-2-6-17(15)20(24)25/h1-8,16H,9-13H2. The molecule has 6 heteroatoms. The molecule has 1 unspecified atom stereocenters. The van der Waals surface area contributed by atoms with Crippen LogP contribution in [0.25, 0.3) is 0 Å². The van der Waals surface area contributed by atoms with Gasteiger partial charge in [-0.15, -0.1) is 0 Å². The molecule has 1 aliphatic rings. The van der Waals surface area contributed by atoms with Crippen molar-refractivity contribution in [2.24, 2.45) is 0 Å². The first-order valence-electron chi connectivity index (χ1n) is 8.47. The Labute approximate surface area is 157 Å². The summed E-state index contributed by atoms with van der Waals surface area (Å²) in [6.45, 7) is 2.25. The number of aromatic carboxylic acids is 1. The number of nitriles is 1. The first-order valence-corrected chi connectivity index (χ1v) is 8.85. The molecule has 0 aromatic heterocycles. The van der Waals surface area contributed by atoms with E-state index >= 15 is 0 Å². The third kappa shape index (κ3) is 3.45. The smallest absolute Gasteiger partial charge is 0.185 e. The molecule has 1 heterocycles. The molecule has 2 aromatic rings. The molecule has 1 atom stereocenters. The number of carboxylic acids is 1. The number of nitrogens with zero attached hydrogens (tertiary/aromatic N) is 2. The van der Waals surface area contributed by atoms with Crippen molar-refractivity contribution in [2.45, 2.75) is 12.5 Å². The van der Waals surface area contributed by atoms with Gasteiger partial charge < -0.3 is 14.6 Å². The lowest BCUT2D eigenvalue weighted by Crippen LogP contribution is -2.62. The van der Waals surface area contributed by atoms with E-state index in [0.29, 0.717) is 47.8 Å². The number of ether oxygens (including phenoxy) is 1. The number of hydrogen-bond donors (Lipinski definition) is 0. The highest BCUT2D eigenvalue weighted by atomic mass is 35.5. The Bertz CT molecular complexity index is 841. The van der Waals surface area contributed by atoms with Crippen molar-refractivity contribution in [2.75, 3.05) is 26.3 Å².